The predicted octanol–water partition coefficient (Wildman–Crippen LogP) is 2.80. The molecule has 2 rings (SSSR count). The van der Waals surface area contributed by atoms with E-state index in [-0.39, 0.29) is 5.75 Å². The molecule has 0 spiro atoms. The maximum Gasteiger partial charge on any atom is 0.412 e. The summed E-state index contributed by atoms with van der Waals surface area (Å²) in [4.78, 5) is 11.6. The molecule has 4 N–H and O–H groups in total. The van der Waals surface area contributed by atoms with Gasteiger partial charge in [-0.25, -0.2) is 4.79 Å². The fraction of sp³-hybridized carbons (Fsp3) is 0.533. The average Bonchev–Trinajstić information content (AvgIpc) is 3.08. The van der Waals surface area contributed by atoms with Crippen molar-refractivity contribution in [3.05, 3.63) is 23.8 Å². The van der Waals surface area contributed by atoms with E-state index in [1.54, 1.807) is 32.9 Å². The number of ether oxygens (including phenoxy) is 1. The first-order valence-electron chi connectivity index (χ1n) is 6.83. The van der Waals surface area contributed by atoms with Gasteiger partial charge in [0.1, 0.15) is 11.4 Å². The van der Waals surface area contributed by atoms with Crippen molar-refractivity contribution in [1.29, 1.82) is 0 Å². The third-order valence-corrected chi connectivity index (χ3v) is 3.31. The molecule has 0 aliphatic heterocycles. The first kappa shape index (κ1) is 14.7. The van der Waals surface area contributed by atoms with Gasteiger partial charge < -0.3 is 15.6 Å². The van der Waals surface area contributed by atoms with Gasteiger partial charge in [-0.3, -0.25) is 5.32 Å². The molecular weight excluding hydrogens is 256 g/mol. The topological polar surface area (TPSA) is 84.6 Å². The van der Waals surface area contributed by atoms with E-state index in [9.17, 15) is 9.90 Å². The molecule has 0 bridgehead atoms. The Balaban J connectivity index is 2.01. The van der Waals surface area contributed by atoms with Crippen molar-refractivity contribution in [1.82, 2.24) is 0 Å². The highest BCUT2D eigenvalue weighted by atomic mass is 16.6. The molecule has 1 aromatic rings. The van der Waals surface area contributed by atoms with Gasteiger partial charge in [-0.1, -0.05) is 6.07 Å². The van der Waals surface area contributed by atoms with Gasteiger partial charge in [0, 0.05) is 0 Å². The van der Waals surface area contributed by atoms with E-state index >= 15 is 0 Å². The normalized spacial score (nSPS) is 21.4. The van der Waals surface area contributed by atoms with Gasteiger partial charge >= 0.3 is 6.09 Å². The monoisotopic (exact) mass is 278 g/mol. The summed E-state index contributed by atoms with van der Waals surface area (Å²) in [5.41, 5.74) is 6.47. The molecule has 0 aromatic heterocycles. The minimum absolute atomic E-state index is 0.0519. The second-order valence-corrected chi connectivity index (χ2v) is 6.24. The maximum atomic E-state index is 11.6. The zero-order valence-corrected chi connectivity index (χ0v) is 12.1. The van der Waals surface area contributed by atoms with Gasteiger partial charge in [-0.05, 0) is 63.3 Å². The molecule has 0 saturated heterocycles. The SMILES string of the molecule is CC(C)(C)OC(=O)Nc1ccc(C2CC2CN)cc1O. The van der Waals surface area contributed by atoms with Crippen LogP contribution >= 0.6 is 0 Å². The number of hydrogen-bond donors (Lipinski definition) is 3. The Morgan fingerprint density at radius 1 is 1.50 bits per heavy atom. The minimum Gasteiger partial charge on any atom is -0.506 e. The first-order valence-corrected chi connectivity index (χ1v) is 6.83. The van der Waals surface area contributed by atoms with Crippen LogP contribution in [0.25, 0.3) is 0 Å². The number of carbonyl (C=O) groups is 1. The molecule has 1 aliphatic carbocycles. The third-order valence-electron chi connectivity index (χ3n) is 3.31. The van der Waals surface area contributed by atoms with Crippen molar-refractivity contribution in [2.75, 3.05) is 11.9 Å². The Labute approximate surface area is 119 Å². The number of aromatic hydroxyl groups is 1. The fourth-order valence-corrected chi connectivity index (χ4v) is 2.21. The number of hydrogen-bond acceptors (Lipinski definition) is 4. The molecule has 5 nitrogen and oxygen atoms in total. The number of amides is 1. The van der Waals surface area contributed by atoms with Crippen LogP contribution in [0.5, 0.6) is 5.75 Å². The largest absolute Gasteiger partial charge is 0.506 e. The number of nitrogens with one attached hydrogen (secondary N) is 1. The quantitative estimate of drug-likeness (QED) is 0.742. The lowest BCUT2D eigenvalue weighted by Crippen LogP contribution is -2.27. The molecule has 5 heteroatoms. The van der Waals surface area contributed by atoms with E-state index in [1.807, 2.05) is 6.07 Å². The molecule has 1 fully saturated rings. The zero-order valence-electron chi connectivity index (χ0n) is 12.1. The summed E-state index contributed by atoms with van der Waals surface area (Å²) in [5.74, 6) is 0.997. The Kier molecular flexibility index (Phi) is 3.90. The number of nitrogens with two attached hydrogens (primary N) is 1. The number of phenols is 1. The second-order valence-electron chi connectivity index (χ2n) is 6.24. The van der Waals surface area contributed by atoms with Crippen LogP contribution in [-0.4, -0.2) is 23.3 Å². The highest BCUT2D eigenvalue weighted by Gasteiger charge is 2.37. The van der Waals surface area contributed by atoms with Crippen molar-refractivity contribution in [2.45, 2.75) is 38.7 Å². The zero-order chi connectivity index (χ0) is 14.9. The summed E-state index contributed by atoms with van der Waals surface area (Å²) in [6.45, 7) is 6.03. The van der Waals surface area contributed by atoms with Crippen LogP contribution < -0.4 is 11.1 Å². The van der Waals surface area contributed by atoms with Crippen molar-refractivity contribution in [3.63, 3.8) is 0 Å². The molecule has 2 atom stereocenters. The minimum atomic E-state index is -0.577. The van der Waals surface area contributed by atoms with E-state index in [2.05, 4.69) is 5.32 Å². The van der Waals surface area contributed by atoms with E-state index in [0.717, 1.165) is 12.0 Å². The Morgan fingerprint density at radius 3 is 2.70 bits per heavy atom. The van der Waals surface area contributed by atoms with Gasteiger partial charge in [-0.2, -0.15) is 0 Å². The highest BCUT2D eigenvalue weighted by molar-refractivity contribution is 5.87. The number of rotatable bonds is 3. The van der Waals surface area contributed by atoms with Crippen LogP contribution in [0.2, 0.25) is 0 Å². The van der Waals surface area contributed by atoms with E-state index in [0.29, 0.717) is 24.1 Å². The molecule has 0 heterocycles. The lowest BCUT2D eigenvalue weighted by Gasteiger charge is -2.20. The van der Waals surface area contributed by atoms with Crippen molar-refractivity contribution < 1.29 is 14.6 Å². The Morgan fingerprint density at radius 2 is 2.20 bits per heavy atom. The molecule has 1 aliphatic rings. The van der Waals surface area contributed by atoms with Crippen molar-refractivity contribution in [2.24, 2.45) is 11.7 Å². The lowest BCUT2D eigenvalue weighted by molar-refractivity contribution is 0.0635. The van der Waals surface area contributed by atoms with Gasteiger partial charge in [0.2, 0.25) is 0 Å². The molecule has 1 saturated carbocycles. The summed E-state index contributed by atoms with van der Waals surface area (Å²) in [7, 11) is 0. The summed E-state index contributed by atoms with van der Waals surface area (Å²) >= 11 is 0. The van der Waals surface area contributed by atoms with Crippen molar-refractivity contribution in [3.8, 4) is 5.75 Å². The number of anilines is 1. The summed E-state index contributed by atoms with van der Waals surface area (Å²) in [6, 6.07) is 5.29. The molecule has 1 amide bonds. The molecular formula is C15H22N2O3. The van der Waals surface area contributed by atoms with Crippen LogP contribution in [0.1, 0.15) is 38.7 Å². The second kappa shape index (κ2) is 5.32. The van der Waals surface area contributed by atoms with E-state index < -0.39 is 11.7 Å². The molecule has 1 aromatic carbocycles. The number of phenolic OH excluding ortho intramolecular Hbond substituents is 1. The number of benzene rings is 1. The summed E-state index contributed by atoms with van der Waals surface area (Å²) in [6.07, 6.45) is 0.487. The highest BCUT2D eigenvalue weighted by Crippen LogP contribution is 2.47. The Bertz CT molecular complexity index is 508. The van der Waals surface area contributed by atoms with Crippen molar-refractivity contribution >= 4 is 11.8 Å². The average molecular weight is 278 g/mol. The molecule has 20 heavy (non-hydrogen) atoms. The number of carbonyl (C=O) groups excluding carboxylic acids is 1. The maximum absolute atomic E-state index is 11.6. The Hall–Kier alpha value is -1.75. The molecule has 0 radical (unpaired) electrons. The first-order chi connectivity index (χ1) is 9.30. The molecule has 110 valence electrons. The fourth-order valence-electron chi connectivity index (χ4n) is 2.21. The van der Waals surface area contributed by atoms with Gasteiger partial charge in [0.05, 0.1) is 5.69 Å². The van der Waals surface area contributed by atoms with E-state index in [1.165, 1.54) is 0 Å². The van der Waals surface area contributed by atoms with Crippen LogP contribution in [-0.2, 0) is 4.74 Å². The predicted molar refractivity (Wildman–Crippen MR) is 77.9 cm³/mol. The lowest BCUT2D eigenvalue weighted by atomic mass is 10.1. The van der Waals surface area contributed by atoms with Gasteiger partial charge in [0.25, 0.3) is 0 Å². The van der Waals surface area contributed by atoms with Gasteiger partial charge in [-0.15, -0.1) is 0 Å². The summed E-state index contributed by atoms with van der Waals surface area (Å²) in [5, 5.41) is 12.5. The standard InChI is InChI=1S/C15H22N2O3/c1-15(2,3)20-14(19)17-12-5-4-9(7-13(12)18)11-6-10(11)8-16/h4-5,7,10-11,18H,6,8,16H2,1-3H3,(H,17,19). The van der Waals surface area contributed by atoms with E-state index in [4.69, 9.17) is 10.5 Å². The van der Waals surface area contributed by atoms with Crippen LogP contribution in [0.3, 0.4) is 0 Å². The smallest absolute Gasteiger partial charge is 0.412 e. The summed E-state index contributed by atoms with van der Waals surface area (Å²) < 4.78 is 5.14. The van der Waals surface area contributed by atoms with Crippen LogP contribution in [0.15, 0.2) is 18.2 Å². The molecule has 2 unspecified atom stereocenters. The van der Waals surface area contributed by atoms with Crippen LogP contribution in [0.4, 0.5) is 10.5 Å². The van der Waals surface area contributed by atoms with Crippen LogP contribution in [0, 0.1) is 5.92 Å². The van der Waals surface area contributed by atoms with Gasteiger partial charge in [0.15, 0.2) is 0 Å². The third kappa shape index (κ3) is 3.63.